The van der Waals surface area contributed by atoms with Crippen LogP contribution in [0.3, 0.4) is 0 Å². The second kappa shape index (κ2) is 5.01. The molecule has 0 aliphatic heterocycles. The third-order valence-electron chi connectivity index (χ3n) is 4.91. The first kappa shape index (κ1) is 14.6. The Balaban J connectivity index is 2.16. The highest BCUT2D eigenvalue weighted by Gasteiger charge is 2.40. The first-order valence-corrected chi connectivity index (χ1v) is 7.68. The number of benzene rings is 3. The zero-order valence-corrected chi connectivity index (χ0v) is 12.6. The Morgan fingerprint density at radius 3 is 2.26 bits per heavy atom. The Labute approximate surface area is 133 Å². The van der Waals surface area contributed by atoms with Crippen LogP contribution in [0.25, 0.3) is 21.5 Å². The highest BCUT2D eigenvalue weighted by atomic mass is 16.4. The molecule has 0 aromatic heterocycles. The van der Waals surface area contributed by atoms with Crippen molar-refractivity contribution in [2.45, 2.75) is 31.3 Å². The minimum Gasteiger partial charge on any atom is -0.387 e. The molecule has 0 saturated carbocycles. The molecule has 4 heteroatoms. The number of hydrogen-bond acceptors (Lipinski definition) is 4. The molecule has 4 rings (SSSR count). The third kappa shape index (κ3) is 1.93. The highest BCUT2D eigenvalue weighted by Crippen LogP contribution is 2.43. The molecule has 118 valence electrons. The van der Waals surface area contributed by atoms with E-state index in [0.29, 0.717) is 11.1 Å². The van der Waals surface area contributed by atoms with Gasteiger partial charge in [-0.25, -0.2) is 0 Å². The lowest BCUT2D eigenvalue weighted by Crippen LogP contribution is -2.41. The minimum absolute atomic E-state index is 0.482. The fourth-order valence-electron chi connectivity index (χ4n) is 3.76. The van der Waals surface area contributed by atoms with E-state index in [-0.39, 0.29) is 0 Å². The second-order valence-corrected chi connectivity index (χ2v) is 6.28. The molecular formula is C19H18O4. The van der Waals surface area contributed by atoms with Gasteiger partial charge in [-0.15, -0.1) is 0 Å². The molecule has 1 aliphatic rings. The average molecular weight is 310 g/mol. The maximum Gasteiger partial charge on any atom is 0.113 e. The van der Waals surface area contributed by atoms with Crippen LogP contribution in [-0.2, 0) is 0 Å². The zero-order chi connectivity index (χ0) is 16.3. The summed E-state index contributed by atoms with van der Waals surface area (Å²) in [4.78, 5) is 0. The van der Waals surface area contributed by atoms with Gasteiger partial charge < -0.3 is 20.4 Å². The molecule has 0 fully saturated rings. The van der Waals surface area contributed by atoms with Gasteiger partial charge in [-0.3, -0.25) is 0 Å². The molecule has 0 saturated heterocycles. The van der Waals surface area contributed by atoms with Gasteiger partial charge in [0.25, 0.3) is 0 Å². The molecule has 0 radical (unpaired) electrons. The van der Waals surface area contributed by atoms with E-state index in [1.807, 2.05) is 43.3 Å². The molecule has 0 bridgehead atoms. The average Bonchev–Trinajstić information content (AvgIpc) is 2.57. The first-order chi connectivity index (χ1) is 11.0. The Kier molecular flexibility index (Phi) is 3.18. The molecule has 4 atom stereocenters. The summed E-state index contributed by atoms with van der Waals surface area (Å²) in [6.07, 6.45) is -5.24. The zero-order valence-electron chi connectivity index (χ0n) is 12.6. The van der Waals surface area contributed by atoms with E-state index in [4.69, 9.17) is 0 Å². The Hall–Kier alpha value is -1.98. The van der Waals surface area contributed by atoms with Gasteiger partial charge in [0.1, 0.15) is 24.4 Å². The molecule has 1 aliphatic carbocycles. The van der Waals surface area contributed by atoms with Gasteiger partial charge in [-0.05, 0) is 45.2 Å². The normalized spacial score (nSPS) is 27.3. The number of hydrogen-bond donors (Lipinski definition) is 4. The smallest absolute Gasteiger partial charge is 0.113 e. The van der Waals surface area contributed by atoms with E-state index in [1.54, 1.807) is 6.07 Å². The van der Waals surface area contributed by atoms with Crippen LogP contribution in [-0.4, -0.2) is 32.6 Å². The summed E-state index contributed by atoms with van der Waals surface area (Å²) in [5, 5.41) is 44.7. The lowest BCUT2D eigenvalue weighted by molar-refractivity contribution is -0.119. The van der Waals surface area contributed by atoms with Crippen molar-refractivity contribution in [3.8, 4) is 0 Å². The van der Waals surface area contributed by atoms with Gasteiger partial charge in [0.05, 0.1) is 0 Å². The van der Waals surface area contributed by atoms with E-state index in [0.717, 1.165) is 27.1 Å². The third-order valence-corrected chi connectivity index (χ3v) is 4.91. The topological polar surface area (TPSA) is 80.9 Å². The lowest BCUT2D eigenvalue weighted by atomic mass is 9.79. The van der Waals surface area contributed by atoms with E-state index < -0.39 is 24.4 Å². The van der Waals surface area contributed by atoms with Crippen molar-refractivity contribution >= 4 is 21.5 Å². The fraction of sp³-hybridized carbons (Fsp3) is 0.263. The molecule has 23 heavy (non-hydrogen) atoms. The summed E-state index contributed by atoms with van der Waals surface area (Å²) in [7, 11) is 0. The Bertz CT molecular complexity index is 918. The predicted octanol–water partition coefficient (Wildman–Crippen LogP) is 2.10. The molecule has 3 aromatic carbocycles. The number of rotatable bonds is 0. The van der Waals surface area contributed by atoms with Crippen molar-refractivity contribution in [1.82, 2.24) is 0 Å². The Morgan fingerprint density at radius 2 is 1.48 bits per heavy atom. The minimum atomic E-state index is -1.41. The van der Waals surface area contributed by atoms with Crippen LogP contribution in [0.2, 0.25) is 0 Å². The van der Waals surface area contributed by atoms with Crippen LogP contribution >= 0.6 is 0 Å². The van der Waals surface area contributed by atoms with E-state index in [1.165, 1.54) is 0 Å². The van der Waals surface area contributed by atoms with Crippen LogP contribution in [0.1, 0.15) is 28.9 Å². The van der Waals surface area contributed by atoms with Crippen LogP contribution < -0.4 is 0 Å². The highest BCUT2D eigenvalue weighted by molar-refractivity contribution is 6.10. The summed E-state index contributed by atoms with van der Waals surface area (Å²) in [5.74, 6) is 0. The molecule has 0 spiro atoms. The van der Waals surface area contributed by atoms with Crippen LogP contribution in [0.15, 0.2) is 42.5 Å². The first-order valence-electron chi connectivity index (χ1n) is 7.68. The van der Waals surface area contributed by atoms with Gasteiger partial charge in [-0.2, -0.15) is 0 Å². The van der Waals surface area contributed by atoms with Crippen molar-refractivity contribution in [2.24, 2.45) is 0 Å². The van der Waals surface area contributed by atoms with Crippen LogP contribution in [0, 0.1) is 6.92 Å². The van der Waals surface area contributed by atoms with Gasteiger partial charge in [-0.1, -0.05) is 42.5 Å². The van der Waals surface area contributed by atoms with Crippen LogP contribution in [0.5, 0.6) is 0 Å². The number of aliphatic hydroxyl groups excluding tert-OH is 4. The van der Waals surface area contributed by atoms with Crippen LogP contribution in [0.4, 0.5) is 0 Å². The SMILES string of the molecule is Cc1cc2c(c3ccc4ccccc4c13)C(O)C(O)C(O)C2O. The second-order valence-electron chi connectivity index (χ2n) is 6.28. The Morgan fingerprint density at radius 1 is 0.783 bits per heavy atom. The summed E-state index contributed by atoms with van der Waals surface area (Å²) < 4.78 is 0. The maximum atomic E-state index is 10.5. The van der Waals surface area contributed by atoms with E-state index in [2.05, 4.69) is 0 Å². The van der Waals surface area contributed by atoms with Crippen molar-refractivity contribution in [3.05, 3.63) is 59.2 Å². The largest absolute Gasteiger partial charge is 0.387 e. The van der Waals surface area contributed by atoms with Gasteiger partial charge in [0.15, 0.2) is 0 Å². The molecule has 0 amide bonds. The lowest BCUT2D eigenvalue weighted by Gasteiger charge is -2.36. The molecule has 0 heterocycles. The summed E-state index contributed by atoms with van der Waals surface area (Å²) in [6, 6.07) is 13.7. The number of fused-ring (bicyclic) bond motifs is 5. The quantitative estimate of drug-likeness (QED) is 0.479. The summed E-state index contributed by atoms with van der Waals surface area (Å²) in [5.41, 5.74) is 1.95. The number of aryl methyl sites for hydroxylation is 1. The standard InChI is InChI=1S/C19H18O4/c1-9-8-13-15(17(21)19(23)18(22)16(13)20)12-7-6-10-4-2-3-5-11(10)14(9)12/h2-8,16-23H,1H3. The monoisotopic (exact) mass is 310 g/mol. The maximum absolute atomic E-state index is 10.5. The van der Waals surface area contributed by atoms with Gasteiger partial charge >= 0.3 is 0 Å². The molecule has 4 nitrogen and oxygen atoms in total. The van der Waals surface area contributed by atoms with Crippen molar-refractivity contribution in [2.75, 3.05) is 0 Å². The van der Waals surface area contributed by atoms with Crippen molar-refractivity contribution in [3.63, 3.8) is 0 Å². The van der Waals surface area contributed by atoms with Crippen molar-refractivity contribution in [1.29, 1.82) is 0 Å². The molecule has 3 aromatic rings. The summed E-state index contributed by atoms with van der Waals surface area (Å²) >= 11 is 0. The van der Waals surface area contributed by atoms with E-state index in [9.17, 15) is 20.4 Å². The van der Waals surface area contributed by atoms with E-state index >= 15 is 0 Å². The fourth-order valence-corrected chi connectivity index (χ4v) is 3.76. The molecule has 4 N–H and O–H groups in total. The molecular weight excluding hydrogens is 292 g/mol. The number of aliphatic hydroxyl groups is 4. The molecule has 4 unspecified atom stereocenters. The van der Waals surface area contributed by atoms with Gasteiger partial charge in [0, 0.05) is 0 Å². The van der Waals surface area contributed by atoms with Gasteiger partial charge in [0.2, 0.25) is 0 Å². The van der Waals surface area contributed by atoms with Crippen molar-refractivity contribution < 1.29 is 20.4 Å². The predicted molar refractivity (Wildman–Crippen MR) is 88.1 cm³/mol. The summed E-state index contributed by atoms with van der Waals surface area (Å²) in [6.45, 7) is 1.95.